The Morgan fingerprint density at radius 1 is 1.50 bits per heavy atom. The largest absolute Gasteiger partial charge is 0.494 e. The van der Waals surface area contributed by atoms with Crippen molar-refractivity contribution in [3.63, 3.8) is 0 Å². The monoisotopic (exact) mass is 279 g/mol. The van der Waals surface area contributed by atoms with E-state index in [9.17, 15) is 14.9 Å². The number of ether oxygens (including phenoxy) is 1. The maximum absolute atomic E-state index is 11.2. The molecule has 0 aliphatic rings. The number of carboxylic acids is 1. The first-order chi connectivity index (χ1) is 9.45. The minimum Gasteiger partial charge on any atom is -0.494 e. The number of rotatable bonds is 7. The zero-order chi connectivity index (χ0) is 15.1. The summed E-state index contributed by atoms with van der Waals surface area (Å²) in [7, 11) is 0. The predicted molar refractivity (Wildman–Crippen MR) is 74.4 cm³/mol. The molecule has 0 heterocycles. The molecular formula is C14H17NO5. The molecule has 0 atom stereocenters. The summed E-state index contributed by atoms with van der Waals surface area (Å²) < 4.78 is 5.43. The quantitative estimate of drug-likeness (QED) is 0.470. The van der Waals surface area contributed by atoms with E-state index in [-0.39, 0.29) is 16.8 Å². The van der Waals surface area contributed by atoms with Gasteiger partial charge in [0.05, 0.1) is 17.1 Å². The smallest absolute Gasteiger partial charge is 0.336 e. The van der Waals surface area contributed by atoms with Crippen LogP contribution in [0.5, 0.6) is 5.75 Å². The molecule has 0 radical (unpaired) electrons. The summed E-state index contributed by atoms with van der Waals surface area (Å²) in [4.78, 5) is 21.2. The van der Waals surface area contributed by atoms with Crippen LogP contribution in [0.1, 0.15) is 42.6 Å². The molecule has 0 aliphatic carbocycles. The van der Waals surface area contributed by atoms with Crippen LogP contribution in [0.3, 0.4) is 0 Å². The molecule has 6 nitrogen and oxygen atoms in total. The van der Waals surface area contributed by atoms with Gasteiger partial charge < -0.3 is 9.84 Å². The SMILES string of the molecule is CCCCOc1ccc(/C=C(\C)[N+](=O)[O-])c(C(=O)O)c1. The summed E-state index contributed by atoms with van der Waals surface area (Å²) in [5.74, 6) is -0.694. The van der Waals surface area contributed by atoms with Gasteiger partial charge in [0.1, 0.15) is 5.75 Å². The maximum atomic E-state index is 11.2. The average Bonchev–Trinajstić information content (AvgIpc) is 2.40. The maximum Gasteiger partial charge on any atom is 0.336 e. The van der Waals surface area contributed by atoms with Crippen LogP contribution in [0.25, 0.3) is 6.08 Å². The lowest BCUT2D eigenvalue weighted by Gasteiger charge is -2.08. The van der Waals surface area contributed by atoms with Gasteiger partial charge in [-0.3, -0.25) is 10.1 Å². The van der Waals surface area contributed by atoms with Crippen LogP contribution in [0, 0.1) is 10.1 Å². The second kappa shape index (κ2) is 7.28. The molecule has 0 saturated carbocycles. The van der Waals surface area contributed by atoms with Gasteiger partial charge in [0.25, 0.3) is 0 Å². The highest BCUT2D eigenvalue weighted by Gasteiger charge is 2.13. The van der Waals surface area contributed by atoms with Crippen LogP contribution in [-0.4, -0.2) is 22.6 Å². The van der Waals surface area contributed by atoms with Gasteiger partial charge in [-0.2, -0.15) is 0 Å². The standard InChI is InChI=1S/C14H17NO5/c1-3-4-7-20-12-6-5-11(8-10(2)15(18)19)13(9-12)14(16)17/h5-6,8-9H,3-4,7H2,1-2H3,(H,16,17)/b10-8+. The molecule has 0 saturated heterocycles. The fourth-order valence-corrected chi connectivity index (χ4v) is 1.55. The summed E-state index contributed by atoms with van der Waals surface area (Å²) in [5.41, 5.74) is 0.155. The number of hydrogen-bond acceptors (Lipinski definition) is 4. The van der Waals surface area contributed by atoms with Crippen molar-refractivity contribution in [2.45, 2.75) is 26.7 Å². The summed E-state index contributed by atoms with van der Waals surface area (Å²) in [6.07, 6.45) is 3.10. The highest BCUT2D eigenvalue weighted by molar-refractivity contribution is 5.92. The number of carbonyl (C=O) groups is 1. The molecule has 0 aromatic heterocycles. The first kappa shape index (κ1) is 15.7. The number of benzene rings is 1. The molecule has 1 aromatic carbocycles. The van der Waals surface area contributed by atoms with Crippen LogP contribution in [0.15, 0.2) is 23.9 Å². The van der Waals surface area contributed by atoms with Crippen LogP contribution >= 0.6 is 0 Å². The lowest BCUT2D eigenvalue weighted by molar-refractivity contribution is -0.422. The van der Waals surface area contributed by atoms with E-state index in [0.29, 0.717) is 12.4 Å². The summed E-state index contributed by atoms with van der Waals surface area (Å²) in [6, 6.07) is 4.51. The van der Waals surface area contributed by atoms with Gasteiger partial charge in [-0.1, -0.05) is 19.4 Å². The second-order valence-corrected chi connectivity index (χ2v) is 4.30. The predicted octanol–water partition coefficient (Wildman–Crippen LogP) is 3.20. The number of allylic oxidation sites excluding steroid dienone is 1. The number of hydrogen-bond donors (Lipinski definition) is 1. The third-order valence-electron chi connectivity index (χ3n) is 2.67. The normalized spacial score (nSPS) is 11.2. The summed E-state index contributed by atoms with van der Waals surface area (Å²) in [6.45, 7) is 3.86. The minimum absolute atomic E-state index is 0.0137. The highest BCUT2D eigenvalue weighted by Crippen LogP contribution is 2.21. The molecule has 0 aliphatic heterocycles. The first-order valence-corrected chi connectivity index (χ1v) is 6.28. The molecule has 0 fully saturated rings. The molecule has 0 amide bonds. The van der Waals surface area contributed by atoms with Crippen molar-refractivity contribution in [2.24, 2.45) is 0 Å². The van der Waals surface area contributed by atoms with Gasteiger partial charge in [0.2, 0.25) is 5.70 Å². The van der Waals surface area contributed by atoms with Gasteiger partial charge in [-0.15, -0.1) is 0 Å². The van der Waals surface area contributed by atoms with Gasteiger partial charge in [-0.05, 0) is 24.1 Å². The van der Waals surface area contributed by atoms with E-state index in [4.69, 9.17) is 9.84 Å². The Kier molecular flexibility index (Phi) is 5.71. The van der Waals surface area contributed by atoms with Crippen molar-refractivity contribution < 1.29 is 19.6 Å². The van der Waals surface area contributed by atoms with Crippen LogP contribution < -0.4 is 4.74 Å². The lowest BCUT2D eigenvalue weighted by Crippen LogP contribution is -2.03. The van der Waals surface area contributed by atoms with Crippen molar-refractivity contribution in [3.8, 4) is 5.75 Å². The molecule has 0 unspecified atom stereocenters. The minimum atomic E-state index is -1.15. The molecule has 1 N–H and O–H groups in total. The average molecular weight is 279 g/mol. The Morgan fingerprint density at radius 3 is 2.75 bits per heavy atom. The van der Waals surface area contributed by atoms with Crippen molar-refractivity contribution in [1.29, 1.82) is 0 Å². The van der Waals surface area contributed by atoms with Crippen molar-refractivity contribution >= 4 is 12.0 Å². The fraction of sp³-hybridized carbons (Fsp3) is 0.357. The first-order valence-electron chi connectivity index (χ1n) is 6.28. The number of unbranched alkanes of at least 4 members (excludes halogenated alkanes) is 1. The van der Waals surface area contributed by atoms with Crippen LogP contribution in [0.2, 0.25) is 0 Å². The van der Waals surface area contributed by atoms with E-state index in [1.807, 2.05) is 6.92 Å². The van der Waals surface area contributed by atoms with E-state index in [1.54, 1.807) is 6.07 Å². The third-order valence-corrected chi connectivity index (χ3v) is 2.67. The van der Waals surface area contributed by atoms with Gasteiger partial charge in [0.15, 0.2) is 0 Å². The van der Waals surface area contributed by atoms with Gasteiger partial charge in [0, 0.05) is 13.0 Å². The zero-order valence-electron chi connectivity index (χ0n) is 11.5. The highest BCUT2D eigenvalue weighted by atomic mass is 16.6. The molecule has 0 spiro atoms. The zero-order valence-corrected chi connectivity index (χ0v) is 11.5. The number of nitro groups is 1. The Balaban J connectivity index is 3.05. The fourth-order valence-electron chi connectivity index (χ4n) is 1.55. The van der Waals surface area contributed by atoms with Gasteiger partial charge in [-0.25, -0.2) is 4.79 Å². The molecule has 108 valence electrons. The van der Waals surface area contributed by atoms with E-state index in [0.717, 1.165) is 12.8 Å². The number of aromatic carboxylic acids is 1. The molecule has 1 rings (SSSR count). The molecular weight excluding hydrogens is 262 g/mol. The van der Waals surface area contributed by atoms with Crippen molar-refractivity contribution in [2.75, 3.05) is 6.61 Å². The van der Waals surface area contributed by atoms with E-state index < -0.39 is 10.9 Å². The second-order valence-electron chi connectivity index (χ2n) is 4.30. The van der Waals surface area contributed by atoms with Crippen LogP contribution in [0.4, 0.5) is 0 Å². The Bertz CT molecular complexity index is 536. The Labute approximate surface area is 116 Å². The van der Waals surface area contributed by atoms with Crippen LogP contribution in [-0.2, 0) is 0 Å². The van der Waals surface area contributed by atoms with E-state index in [1.165, 1.54) is 25.1 Å². The Morgan fingerprint density at radius 2 is 2.20 bits per heavy atom. The summed E-state index contributed by atoms with van der Waals surface area (Å²) in [5, 5.41) is 19.7. The molecule has 20 heavy (non-hydrogen) atoms. The van der Waals surface area contributed by atoms with E-state index >= 15 is 0 Å². The Hall–Kier alpha value is -2.37. The summed E-state index contributed by atoms with van der Waals surface area (Å²) >= 11 is 0. The lowest BCUT2D eigenvalue weighted by atomic mass is 10.1. The number of nitrogens with zero attached hydrogens (tertiary/aromatic N) is 1. The van der Waals surface area contributed by atoms with Crippen molar-refractivity contribution in [3.05, 3.63) is 45.1 Å². The van der Waals surface area contributed by atoms with Crippen molar-refractivity contribution in [1.82, 2.24) is 0 Å². The number of carboxylic acid groups (broad SMARTS) is 1. The third kappa shape index (κ3) is 4.38. The molecule has 6 heteroatoms. The van der Waals surface area contributed by atoms with Gasteiger partial charge >= 0.3 is 5.97 Å². The van der Waals surface area contributed by atoms with E-state index in [2.05, 4.69) is 0 Å². The molecule has 0 bridgehead atoms. The topological polar surface area (TPSA) is 89.7 Å². The molecule has 1 aromatic rings.